The number of amides is 1. The minimum atomic E-state index is -0.843. The number of hydrogen-bond donors (Lipinski definition) is 1. The molecule has 0 spiro atoms. The molecular formula is C13H16N2O6S. The number of carbonyl (C=O) groups excluding carboxylic acids is 2. The van der Waals surface area contributed by atoms with Gasteiger partial charge in [0, 0.05) is 4.75 Å². The Labute approximate surface area is 129 Å². The molecule has 8 nitrogen and oxygen atoms in total. The van der Waals surface area contributed by atoms with Crippen LogP contribution < -0.4 is 11.6 Å². The van der Waals surface area contributed by atoms with Crippen LogP contribution in [0.1, 0.15) is 25.4 Å². The third-order valence-corrected chi connectivity index (χ3v) is 5.48. The monoisotopic (exact) mass is 328 g/mol. The topological polar surface area (TPSA) is 116 Å². The molecule has 2 saturated heterocycles. The molecule has 120 valence electrons. The van der Waals surface area contributed by atoms with E-state index in [0.29, 0.717) is 0 Å². The summed E-state index contributed by atoms with van der Waals surface area (Å²) in [7, 11) is 0. The molecule has 1 aromatic heterocycles. The maximum Gasteiger partial charge on any atom is 0.519 e. The van der Waals surface area contributed by atoms with Gasteiger partial charge in [-0.15, -0.1) is 11.8 Å². The van der Waals surface area contributed by atoms with Crippen LogP contribution in [0.5, 0.6) is 0 Å². The normalized spacial score (nSPS) is 29.2. The van der Waals surface area contributed by atoms with Crippen LogP contribution in [0.3, 0.4) is 0 Å². The van der Waals surface area contributed by atoms with Crippen LogP contribution in [0.25, 0.3) is 0 Å². The Morgan fingerprint density at radius 3 is 2.68 bits per heavy atom. The molecule has 3 atom stereocenters. The molecule has 2 N–H and O–H groups in total. The largest absolute Gasteiger partial charge is 0.519 e. The lowest BCUT2D eigenvalue weighted by Gasteiger charge is -2.41. The summed E-state index contributed by atoms with van der Waals surface area (Å²) in [5.41, 5.74) is 5.75. The summed E-state index contributed by atoms with van der Waals surface area (Å²) in [6.07, 6.45) is 0. The summed E-state index contributed by atoms with van der Waals surface area (Å²) in [6.45, 7) is 5.06. The number of carbonyl (C=O) groups is 2. The highest BCUT2D eigenvalue weighted by Gasteiger charge is 2.63. The highest BCUT2D eigenvalue weighted by molar-refractivity contribution is 8.01. The first-order valence-corrected chi connectivity index (χ1v) is 7.62. The van der Waals surface area contributed by atoms with Gasteiger partial charge in [0.2, 0.25) is 5.91 Å². The quantitative estimate of drug-likeness (QED) is 0.607. The molecule has 3 rings (SSSR count). The molecule has 0 aliphatic carbocycles. The van der Waals surface area contributed by atoms with Gasteiger partial charge in [-0.3, -0.25) is 4.79 Å². The number of nitrogens with zero attached hydrogens (tertiary/aromatic N) is 1. The molecule has 0 aromatic carbocycles. The van der Waals surface area contributed by atoms with E-state index in [9.17, 15) is 14.4 Å². The fourth-order valence-electron chi connectivity index (χ4n) is 2.74. The minimum absolute atomic E-state index is 0.157. The van der Waals surface area contributed by atoms with Gasteiger partial charge < -0.3 is 24.2 Å². The molecule has 2 aliphatic heterocycles. The fourth-order valence-corrected chi connectivity index (χ4v) is 4.31. The zero-order valence-corrected chi connectivity index (χ0v) is 13.1. The van der Waals surface area contributed by atoms with E-state index >= 15 is 0 Å². The predicted molar refractivity (Wildman–Crippen MR) is 75.8 cm³/mol. The Morgan fingerprint density at radius 2 is 2.09 bits per heavy atom. The predicted octanol–water partition coefficient (Wildman–Crippen LogP) is -0.0260. The van der Waals surface area contributed by atoms with Gasteiger partial charge in [0.05, 0.1) is 0 Å². The molecule has 0 radical (unpaired) electrons. The number of hydrogen-bond acceptors (Lipinski definition) is 8. The maximum atomic E-state index is 12.4. The first kappa shape index (κ1) is 15.2. The Balaban J connectivity index is 1.73. The van der Waals surface area contributed by atoms with Gasteiger partial charge in [-0.1, -0.05) is 0 Å². The fraction of sp³-hybridized carbons (Fsp3) is 0.615. The number of ether oxygens (including phenoxy) is 1. The highest BCUT2D eigenvalue weighted by atomic mass is 32.2. The molecule has 3 heterocycles. The second-order valence-electron chi connectivity index (χ2n) is 5.83. The summed E-state index contributed by atoms with van der Waals surface area (Å²) in [5.74, 6) is -1.23. The number of thioether (sulfide) groups is 1. The van der Waals surface area contributed by atoms with Crippen LogP contribution in [0.15, 0.2) is 13.6 Å². The molecule has 9 heteroatoms. The van der Waals surface area contributed by atoms with Crippen molar-refractivity contribution in [1.82, 2.24) is 4.90 Å². The number of nitrogens with two attached hydrogens (primary N) is 1. The van der Waals surface area contributed by atoms with E-state index in [-0.39, 0.29) is 29.4 Å². The van der Waals surface area contributed by atoms with Gasteiger partial charge in [-0.25, -0.2) is 9.59 Å². The molecule has 2 fully saturated rings. The Kier molecular flexibility index (Phi) is 3.37. The van der Waals surface area contributed by atoms with Crippen molar-refractivity contribution in [2.24, 2.45) is 5.73 Å². The number of esters is 1. The van der Waals surface area contributed by atoms with Crippen molar-refractivity contribution in [2.45, 2.75) is 49.6 Å². The summed E-state index contributed by atoms with van der Waals surface area (Å²) in [5, 5.41) is -0.200. The van der Waals surface area contributed by atoms with Crippen molar-refractivity contribution >= 4 is 23.6 Å². The van der Waals surface area contributed by atoms with Gasteiger partial charge in [0.15, 0.2) is 18.1 Å². The van der Waals surface area contributed by atoms with Gasteiger partial charge >= 0.3 is 11.8 Å². The maximum absolute atomic E-state index is 12.4. The lowest BCUT2D eigenvalue weighted by molar-refractivity contribution is -0.164. The Morgan fingerprint density at radius 1 is 1.41 bits per heavy atom. The lowest BCUT2D eigenvalue weighted by atomic mass is 9.96. The van der Waals surface area contributed by atoms with E-state index in [2.05, 4.69) is 0 Å². The van der Waals surface area contributed by atoms with Crippen molar-refractivity contribution in [3.8, 4) is 0 Å². The zero-order valence-electron chi connectivity index (χ0n) is 12.3. The standard InChI is InChI=1S/C13H16N2O6S/c1-5-6(21-12(18)20-5)4-19-11(17)8-13(2,3)22-10-7(14)9(16)15(8)10/h7-8,10H,4,14H2,1-3H3/t7?,8-,10+/m0/s1. The zero-order chi connectivity index (χ0) is 16.2. The summed E-state index contributed by atoms with van der Waals surface area (Å²) < 4.78 is 14.2. The minimum Gasteiger partial charge on any atom is -0.456 e. The second kappa shape index (κ2) is 4.88. The number of fused-ring (bicyclic) bond motifs is 1. The van der Waals surface area contributed by atoms with Gasteiger partial charge in [0.1, 0.15) is 17.5 Å². The number of rotatable bonds is 3. The number of aryl methyl sites for hydroxylation is 1. The van der Waals surface area contributed by atoms with Crippen molar-refractivity contribution in [1.29, 1.82) is 0 Å². The van der Waals surface area contributed by atoms with Crippen LogP contribution in [-0.4, -0.2) is 39.0 Å². The Bertz CT molecular complexity index is 693. The van der Waals surface area contributed by atoms with Gasteiger partial charge in [-0.2, -0.15) is 0 Å². The summed E-state index contributed by atoms with van der Waals surface area (Å²) >= 11 is 1.48. The molecule has 1 unspecified atom stereocenters. The van der Waals surface area contributed by atoms with Crippen molar-refractivity contribution < 1.29 is 23.2 Å². The third-order valence-electron chi connectivity index (χ3n) is 3.89. The SMILES string of the molecule is Cc1oc(=O)oc1COC(=O)[C@@H]1N2C(=O)C(N)[C@H]2SC1(C)C. The van der Waals surface area contributed by atoms with E-state index in [0.717, 1.165) is 0 Å². The van der Waals surface area contributed by atoms with Crippen LogP contribution in [0.2, 0.25) is 0 Å². The average molecular weight is 328 g/mol. The number of β-lactam (4-membered cyclic amide) rings is 1. The first-order chi connectivity index (χ1) is 10.2. The molecule has 0 bridgehead atoms. The smallest absolute Gasteiger partial charge is 0.456 e. The molecule has 22 heavy (non-hydrogen) atoms. The van der Waals surface area contributed by atoms with E-state index in [1.807, 2.05) is 13.8 Å². The van der Waals surface area contributed by atoms with E-state index in [1.54, 1.807) is 0 Å². The average Bonchev–Trinajstić information content (AvgIpc) is 2.90. The van der Waals surface area contributed by atoms with Gasteiger partial charge in [-0.05, 0) is 20.8 Å². The molecular weight excluding hydrogens is 312 g/mol. The Hall–Kier alpha value is -1.74. The molecule has 1 amide bonds. The van der Waals surface area contributed by atoms with E-state index in [1.165, 1.54) is 23.6 Å². The van der Waals surface area contributed by atoms with Gasteiger partial charge in [0.25, 0.3) is 0 Å². The molecule has 1 aromatic rings. The van der Waals surface area contributed by atoms with E-state index < -0.39 is 28.6 Å². The van der Waals surface area contributed by atoms with Crippen molar-refractivity contribution in [3.05, 3.63) is 22.1 Å². The van der Waals surface area contributed by atoms with Crippen molar-refractivity contribution in [3.63, 3.8) is 0 Å². The van der Waals surface area contributed by atoms with Crippen LogP contribution in [-0.2, 0) is 20.9 Å². The third kappa shape index (κ3) is 2.15. The van der Waals surface area contributed by atoms with E-state index in [4.69, 9.17) is 19.3 Å². The summed E-state index contributed by atoms with van der Waals surface area (Å²) in [6, 6.07) is -1.29. The van der Waals surface area contributed by atoms with Crippen LogP contribution in [0.4, 0.5) is 0 Å². The van der Waals surface area contributed by atoms with Crippen molar-refractivity contribution in [2.75, 3.05) is 0 Å². The second-order valence-corrected chi connectivity index (χ2v) is 7.60. The first-order valence-electron chi connectivity index (χ1n) is 6.74. The summed E-state index contributed by atoms with van der Waals surface area (Å²) in [4.78, 5) is 36.7. The highest BCUT2D eigenvalue weighted by Crippen LogP contribution is 2.50. The van der Waals surface area contributed by atoms with Crippen LogP contribution in [0, 0.1) is 6.92 Å². The van der Waals surface area contributed by atoms with Crippen LogP contribution >= 0.6 is 11.8 Å². The molecule has 2 aliphatic rings. The molecule has 0 saturated carbocycles. The lowest BCUT2D eigenvalue weighted by Crippen LogP contribution is -2.68.